The predicted octanol–water partition coefficient (Wildman–Crippen LogP) is 2.53. The van der Waals surface area contributed by atoms with Gasteiger partial charge in [0, 0.05) is 6.42 Å². The summed E-state index contributed by atoms with van der Waals surface area (Å²) in [4.78, 5) is 0. The normalized spacial score (nSPS) is 29.6. The van der Waals surface area contributed by atoms with Crippen LogP contribution in [0.25, 0.3) is 0 Å². The average molecular weight is 130 g/mol. The summed E-state index contributed by atoms with van der Waals surface area (Å²) in [5.41, 5.74) is 1.52. The lowest BCUT2D eigenvalue weighted by atomic mass is 9.84. The van der Waals surface area contributed by atoms with Gasteiger partial charge in [-0.2, -0.15) is 0 Å². The molecule has 0 aromatic rings. The molecule has 0 saturated carbocycles. The van der Waals surface area contributed by atoms with Gasteiger partial charge in [-0.15, -0.1) is 0 Å². The highest BCUT2D eigenvalue weighted by Gasteiger charge is 2.15. The summed E-state index contributed by atoms with van der Waals surface area (Å²) in [6, 6.07) is 0. The zero-order valence-electron chi connectivity index (χ0n) is 5.88. The van der Waals surface area contributed by atoms with Gasteiger partial charge in [0.05, 0.1) is 0 Å². The molecule has 0 N–H and O–H groups in total. The van der Waals surface area contributed by atoms with Crippen LogP contribution in [0.2, 0.25) is 0 Å². The standard InChI is InChI=1S/C10H10/c1-2-6-10-8-4-3-7-9(10)5-1/h1-5,10H,6-7H2. The largest absolute Gasteiger partial charge is 0.0839 e. The molecule has 0 saturated heterocycles. The molecule has 0 bridgehead atoms. The van der Waals surface area contributed by atoms with Crippen molar-refractivity contribution in [1.29, 1.82) is 0 Å². The molecule has 0 nitrogen and oxygen atoms in total. The molecule has 0 amide bonds. The highest BCUT2D eigenvalue weighted by molar-refractivity contribution is 5.30. The lowest BCUT2D eigenvalue weighted by Crippen LogP contribution is -2.07. The second-order valence-electron chi connectivity index (χ2n) is 2.73. The molecule has 50 valence electrons. The molecule has 1 atom stereocenters. The Bertz CT molecular complexity index is 206. The molecule has 2 rings (SSSR count). The van der Waals surface area contributed by atoms with Gasteiger partial charge in [0.25, 0.3) is 0 Å². The zero-order chi connectivity index (χ0) is 6.81. The van der Waals surface area contributed by atoms with E-state index in [1.165, 1.54) is 5.57 Å². The molecule has 0 heterocycles. The van der Waals surface area contributed by atoms with Crippen molar-refractivity contribution in [3.05, 3.63) is 42.4 Å². The van der Waals surface area contributed by atoms with Crippen LogP contribution in [0.5, 0.6) is 0 Å². The number of hydrogen-bond acceptors (Lipinski definition) is 0. The Hall–Kier alpha value is -0.780. The van der Waals surface area contributed by atoms with Crippen LogP contribution in [0.1, 0.15) is 12.8 Å². The van der Waals surface area contributed by atoms with Crippen molar-refractivity contribution in [3.8, 4) is 0 Å². The molecule has 0 spiro atoms. The summed E-state index contributed by atoms with van der Waals surface area (Å²) < 4.78 is 0. The van der Waals surface area contributed by atoms with Gasteiger partial charge in [0.15, 0.2) is 0 Å². The number of fused-ring (bicyclic) bond motifs is 1. The maximum Gasteiger partial charge on any atom is 0.0162 e. The summed E-state index contributed by atoms with van der Waals surface area (Å²) in [5.74, 6) is 0.593. The van der Waals surface area contributed by atoms with Gasteiger partial charge >= 0.3 is 0 Å². The lowest BCUT2D eigenvalue weighted by molar-refractivity contribution is 0.695. The van der Waals surface area contributed by atoms with Crippen molar-refractivity contribution in [2.45, 2.75) is 12.8 Å². The van der Waals surface area contributed by atoms with Crippen LogP contribution in [0.3, 0.4) is 0 Å². The fraction of sp³-hybridized carbons (Fsp3) is 0.300. The van der Waals surface area contributed by atoms with Crippen LogP contribution in [0.15, 0.2) is 36.0 Å². The van der Waals surface area contributed by atoms with Crippen LogP contribution < -0.4 is 0 Å². The van der Waals surface area contributed by atoms with Crippen molar-refractivity contribution in [1.82, 2.24) is 0 Å². The number of rotatable bonds is 0. The quantitative estimate of drug-likeness (QED) is 0.472. The van der Waals surface area contributed by atoms with Crippen LogP contribution in [-0.2, 0) is 0 Å². The van der Waals surface area contributed by atoms with Crippen LogP contribution in [-0.4, -0.2) is 0 Å². The van der Waals surface area contributed by atoms with Crippen molar-refractivity contribution in [2.75, 3.05) is 0 Å². The van der Waals surface area contributed by atoms with E-state index >= 15 is 0 Å². The van der Waals surface area contributed by atoms with Crippen LogP contribution in [0, 0.1) is 12.3 Å². The molecule has 0 aromatic carbocycles. The second-order valence-corrected chi connectivity index (χ2v) is 2.73. The topological polar surface area (TPSA) is 0 Å². The molecule has 2 radical (unpaired) electrons. The van der Waals surface area contributed by atoms with E-state index in [4.69, 9.17) is 0 Å². The van der Waals surface area contributed by atoms with Crippen LogP contribution >= 0.6 is 0 Å². The molecular weight excluding hydrogens is 120 g/mol. The Labute approximate surface area is 61.9 Å². The summed E-state index contributed by atoms with van der Waals surface area (Å²) in [5, 5.41) is 0. The van der Waals surface area contributed by atoms with Gasteiger partial charge < -0.3 is 0 Å². The van der Waals surface area contributed by atoms with E-state index < -0.39 is 0 Å². The highest BCUT2D eigenvalue weighted by atomic mass is 14.2. The zero-order valence-corrected chi connectivity index (χ0v) is 5.88. The summed E-state index contributed by atoms with van der Waals surface area (Å²) in [7, 11) is 0. The van der Waals surface area contributed by atoms with Gasteiger partial charge in [-0.05, 0) is 18.8 Å². The molecule has 0 aromatic heterocycles. The maximum atomic E-state index is 3.32. The van der Waals surface area contributed by atoms with E-state index in [1.54, 1.807) is 0 Å². The first-order valence-corrected chi connectivity index (χ1v) is 3.73. The molecule has 2 aliphatic carbocycles. The van der Waals surface area contributed by atoms with Gasteiger partial charge in [0.1, 0.15) is 0 Å². The molecule has 2 aliphatic rings. The van der Waals surface area contributed by atoms with E-state index in [1.807, 2.05) is 0 Å². The minimum atomic E-state index is 0.593. The third kappa shape index (κ3) is 0.942. The first kappa shape index (κ1) is 5.96. The SMILES string of the molecule is [C]1C=CCC2=CC=CCC12. The third-order valence-corrected chi connectivity index (χ3v) is 2.03. The fourth-order valence-electron chi connectivity index (χ4n) is 1.44. The van der Waals surface area contributed by atoms with E-state index in [-0.39, 0.29) is 0 Å². The molecule has 1 unspecified atom stereocenters. The Morgan fingerprint density at radius 1 is 1.40 bits per heavy atom. The first-order chi connectivity index (χ1) is 4.97. The highest BCUT2D eigenvalue weighted by Crippen LogP contribution is 2.29. The number of hydrogen-bond donors (Lipinski definition) is 0. The van der Waals surface area contributed by atoms with E-state index in [9.17, 15) is 0 Å². The predicted molar refractivity (Wildman–Crippen MR) is 42.3 cm³/mol. The lowest BCUT2D eigenvalue weighted by Gasteiger charge is -2.21. The van der Waals surface area contributed by atoms with E-state index in [0.29, 0.717) is 5.92 Å². The Morgan fingerprint density at radius 2 is 2.40 bits per heavy atom. The molecule has 0 aliphatic heterocycles. The fourth-order valence-corrected chi connectivity index (χ4v) is 1.44. The Kier molecular flexibility index (Phi) is 1.46. The van der Waals surface area contributed by atoms with Crippen molar-refractivity contribution >= 4 is 0 Å². The van der Waals surface area contributed by atoms with Gasteiger partial charge in [-0.25, -0.2) is 0 Å². The second kappa shape index (κ2) is 2.45. The minimum Gasteiger partial charge on any atom is -0.0839 e. The summed E-state index contributed by atoms with van der Waals surface area (Å²) in [6.07, 6.45) is 16.4. The third-order valence-electron chi connectivity index (χ3n) is 2.03. The Balaban J connectivity index is 2.23. The number of allylic oxidation sites excluding steroid dienone is 6. The van der Waals surface area contributed by atoms with Gasteiger partial charge in [-0.3, -0.25) is 0 Å². The van der Waals surface area contributed by atoms with E-state index in [2.05, 4.69) is 36.8 Å². The maximum absolute atomic E-state index is 3.32. The summed E-state index contributed by atoms with van der Waals surface area (Å²) in [6.45, 7) is 0. The minimum absolute atomic E-state index is 0.593. The van der Waals surface area contributed by atoms with Crippen molar-refractivity contribution in [3.63, 3.8) is 0 Å². The van der Waals surface area contributed by atoms with Crippen molar-refractivity contribution < 1.29 is 0 Å². The molecular formula is C10H10. The smallest absolute Gasteiger partial charge is 0.0162 e. The Morgan fingerprint density at radius 3 is 3.30 bits per heavy atom. The van der Waals surface area contributed by atoms with Crippen molar-refractivity contribution in [2.24, 2.45) is 5.92 Å². The first-order valence-electron chi connectivity index (χ1n) is 3.73. The average Bonchev–Trinajstić information content (AvgIpc) is 2.05. The molecule has 0 heteroatoms. The van der Waals surface area contributed by atoms with Crippen LogP contribution in [0.4, 0.5) is 0 Å². The summed E-state index contributed by atoms with van der Waals surface area (Å²) >= 11 is 0. The molecule has 10 heavy (non-hydrogen) atoms. The molecule has 0 fully saturated rings. The monoisotopic (exact) mass is 130 g/mol. The van der Waals surface area contributed by atoms with Gasteiger partial charge in [0.2, 0.25) is 0 Å². The van der Waals surface area contributed by atoms with E-state index in [0.717, 1.165) is 12.8 Å². The van der Waals surface area contributed by atoms with Gasteiger partial charge in [-0.1, -0.05) is 36.0 Å².